The molecule has 1 aromatic carbocycles. The Hall–Kier alpha value is -1.23. The van der Waals surface area contributed by atoms with Crippen molar-refractivity contribution in [2.24, 2.45) is 5.92 Å². The Labute approximate surface area is 169 Å². The molecule has 2 fully saturated rings. The van der Waals surface area contributed by atoms with Crippen LogP contribution in [0, 0.1) is 5.92 Å². The number of hydrogen-bond acceptors (Lipinski definition) is 3. The summed E-state index contributed by atoms with van der Waals surface area (Å²) in [6.45, 7) is 4.99. The van der Waals surface area contributed by atoms with E-state index in [-0.39, 0.29) is 25.6 Å². The molecule has 3 nitrogen and oxygen atoms in total. The fraction of sp³-hybridized carbons (Fsp3) is 0.667. The van der Waals surface area contributed by atoms with Gasteiger partial charge in [-0.2, -0.15) is 0 Å². The van der Waals surface area contributed by atoms with Crippen LogP contribution < -0.4 is 0 Å². The van der Waals surface area contributed by atoms with Crippen LogP contribution in [0.5, 0.6) is 0 Å². The van der Waals surface area contributed by atoms with Crippen LogP contribution in [0.25, 0.3) is 0 Å². The molecule has 0 spiro atoms. The third-order valence-electron chi connectivity index (χ3n) is 6.06. The van der Waals surface area contributed by atoms with Gasteiger partial charge >= 0.3 is 0 Å². The summed E-state index contributed by atoms with van der Waals surface area (Å²) in [7, 11) is 0. The molecule has 3 rings (SSSR count). The molecule has 2 aliphatic rings. The van der Waals surface area contributed by atoms with Crippen LogP contribution >= 0.6 is 0 Å². The Kier molecular flexibility index (Phi) is 8.07. The van der Waals surface area contributed by atoms with Crippen LogP contribution in [0.15, 0.2) is 36.4 Å². The maximum absolute atomic E-state index is 14.1. The number of allylic oxidation sites excluding steroid dienone is 2. The summed E-state index contributed by atoms with van der Waals surface area (Å²) in [5, 5.41) is 0. The molecular weight excluding hydrogens is 355 g/mol. The van der Waals surface area contributed by atoms with Crippen molar-refractivity contribution in [3.63, 3.8) is 0 Å². The van der Waals surface area contributed by atoms with Crippen molar-refractivity contribution in [1.29, 1.82) is 0 Å². The van der Waals surface area contributed by atoms with Gasteiger partial charge in [0.15, 0.2) is 12.0 Å². The van der Waals surface area contributed by atoms with E-state index in [1.54, 1.807) is 0 Å². The van der Waals surface area contributed by atoms with E-state index in [0.717, 1.165) is 45.1 Å². The fourth-order valence-electron chi connectivity index (χ4n) is 3.93. The minimum atomic E-state index is -1.31. The molecule has 2 heterocycles. The minimum Gasteiger partial charge on any atom is -0.373 e. The summed E-state index contributed by atoms with van der Waals surface area (Å²) in [6, 6.07) is 8.90. The monoisotopic (exact) mass is 390 g/mol. The lowest BCUT2D eigenvalue weighted by molar-refractivity contribution is -0.237. The van der Waals surface area contributed by atoms with E-state index in [1.807, 2.05) is 6.92 Å². The zero-order valence-electron chi connectivity index (χ0n) is 17.4. The number of halogens is 1. The average molecular weight is 391 g/mol. The maximum Gasteiger partial charge on any atom is 0.157 e. The quantitative estimate of drug-likeness (QED) is 0.515. The van der Waals surface area contributed by atoms with E-state index < -0.39 is 5.67 Å². The Morgan fingerprint density at radius 1 is 1.07 bits per heavy atom. The predicted octanol–water partition coefficient (Wildman–Crippen LogP) is 5.93. The van der Waals surface area contributed by atoms with Crippen LogP contribution in [-0.4, -0.2) is 31.8 Å². The lowest BCUT2D eigenvalue weighted by Crippen LogP contribution is -2.43. The summed E-state index contributed by atoms with van der Waals surface area (Å²) < 4.78 is 31.4. The van der Waals surface area contributed by atoms with Gasteiger partial charge in [0.05, 0.1) is 25.9 Å². The van der Waals surface area contributed by atoms with Gasteiger partial charge < -0.3 is 14.2 Å². The molecular formula is C24H35FO3. The van der Waals surface area contributed by atoms with Gasteiger partial charge in [-0.25, -0.2) is 4.39 Å². The van der Waals surface area contributed by atoms with E-state index in [0.29, 0.717) is 12.3 Å². The van der Waals surface area contributed by atoms with Crippen molar-refractivity contribution in [2.75, 3.05) is 19.8 Å². The van der Waals surface area contributed by atoms with Crippen molar-refractivity contribution >= 4 is 0 Å². The second-order valence-electron chi connectivity index (χ2n) is 8.25. The van der Waals surface area contributed by atoms with Gasteiger partial charge in [0.25, 0.3) is 0 Å². The van der Waals surface area contributed by atoms with Gasteiger partial charge in [-0.1, -0.05) is 43.3 Å². The average Bonchev–Trinajstić information content (AvgIpc) is 2.75. The topological polar surface area (TPSA) is 27.7 Å². The fourth-order valence-corrected chi connectivity index (χ4v) is 3.93. The third kappa shape index (κ3) is 6.13. The lowest BCUT2D eigenvalue weighted by Gasteiger charge is -2.35. The summed E-state index contributed by atoms with van der Waals surface area (Å²) in [5.41, 5.74) is 1.36. The molecule has 0 aromatic heterocycles. The molecule has 0 bridgehead atoms. The molecule has 4 heteroatoms. The number of ether oxygens (including phenoxy) is 3. The van der Waals surface area contributed by atoms with Crippen LogP contribution in [0.4, 0.5) is 4.39 Å². The first-order chi connectivity index (χ1) is 13.6. The Balaban J connectivity index is 1.36. The van der Waals surface area contributed by atoms with Crippen molar-refractivity contribution in [3.05, 3.63) is 47.5 Å². The van der Waals surface area contributed by atoms with E-state index in [1.165, 1.54) is 11.1 Å². The van der Waals surface area contributed by atoms with Crippen LogP contribution in [0.1, 0.15) is 69.6 Å². The second-order valence-corrected chi connectivity index (χ2v) is 8.25. The van der Waals surface area contributed by atoms with E-state index in [9.17, 15) is 4.39 Å². The molecule has 2 unspecified atom stereocenters. The van der Waals surface area contributed by atoms with Crippen molar-refractivity contribution in [2.45, 2.75) is 76.9 Å². The predicted molar refractivity (Wildman–Crippen MR) is 110 cm³/mol. The number of hydrogen-bond donors (Lipinski definition) is 0. The van der Waals surface area contributed by atoms with Crippen molar-refractivity contribution < 1.29 is 18.6 Å². The number of benzene rings is 1. The highest BCUT2D eigenvalue weighted by Crippen LogP contribution is 2.33. The zero-order valence-corrected chi connectivity index (χ0v) is 17.4. The molecule has 0 amide bonds. The maximum atomic E-state index is 14.1. The summed E-state index contributed by atoms with van der Waals surface area (Å²) in [4.78, 5) is 0. The molecule has 0 radical (unpaired) electrons. The smallest absolute Gasteiger partial charge is 0.157 e. The van der Waals surface area contributed by atoms with Gasteiger partial charge in [0.2, 0.25) is 0 Å². The largest absolute Gasteiger partial charge is 0.373 e. The van der Waals surface area contributed by atoms with Crippen molar-refractivity contribution in [1.82, 2.24) is 0 Å². The van der Waals surface area contributed by atoms with Gasteiger partial charge in [0.1, 0.15) is 0 Å². The molecule has 2 atom stereocenters. The summed E-state index contributed by atoms with van der Waals surface area (Å²) in [6.07, 6.45) is 10.9. The molecule has 1 aromatic rings. The molecule has 28 heavy (non-hydrogen) atoms. The van der Waals surface area contributed by atoms with Gasteiger partial charge in [-0.3, -0.25) is 0 Å². The highest BCUT2D eigenvalue weighted by Gasteiger charge is 2.35. The highest BCUT2D eigenvalue weighted by molar-refractivity contribution is 5.25. The normalized spacial score (nSPS) is 31.3. The standard InChI is InChI=1S/C24H35FO3/c1-3-5-6-7-19-8-12-21(13-9-19)22-14-10-20(16-26-22)11-15-23-27-17-24(25,4-2)18-28-23/h3,5,8-9,12-13,20,22-23H,4,6-7,10-11,14-18H2,1-2H3. The molecule has 0 N–H and O–H groups in total. The first kappa shape index (κ1) is 21.5. The van der Waals surface area contributed by atoms with E-state index >= 15 is 0 Å². The first-order valence-corrected chi connectivity index (χ1v) is 10.9. The number of alkyl halides is 1. The van der Waals surface area contributed by atoms with Crippen LogP contribution in [0.3, 0.4) is 0 Å². The molecule has 2 aliphatic heterocycles. The number of aryl methyl sites for hydroxylation is 1. The van der Waals surface area contributed by atoms with Crippen LogP contribution in [0.2, 0.25) is 0 Å². The zero-order chi connectivity index (χ0) is 19.8. The van der Waals surface area contributed by atoms with Gasteiger partial charge in [-0.15, -0.1) is 0 Å². The Morgan fingerprint density at radius 2 is 1.82 bits per heavy atom. The SMILES string of the molecule is CC=CCCc1ccc(C2CCC(CCC3OCC(F)(CC)CO3)CO2)cc1. The van der Waals surface area contributed by atoms with E-state index in [4.69, 9.17) is 14.2 Å². The lowest BCUT2D eigenvalue weighted by atomic mass is 9.91. The Morgan fingerprint density at radius 3 is 2.43 bits per heavy atom. The first-order valence-electron chi connectivity index (χ1n) is 10.9. The second kappa shape index (κ2) is 10.5. The van der Waals surface area contributed by atoms with Gasteiger partial charge in [0, 0.05) is 0 Å². The molecule has 0 aliphatic carbocycles. The van der Waals surface area contributed by atoms with Crippen LogP contribution in [-0.2, 0) is 20.6 Å². The summed E-state index contributed by atoms with van der Waals surface area (Å²) in [5.74, 6) is 0.534. The minimum absolute atomic E-state index is 0.155. The third-order valence-corrected chi connectivity index (χ3v) is 6.06. The molecule has 0 saturated carbocycles. The van der Waals surface area contributed by atoms with Crippen molar-refractivity contribution in [3.8, 4) is 0 Å². The van der Waals surface area contributed by atoms with E-state index in [2.05, 4.69) is 43.3 Å². The van der Waals surface area contributed by atoms with Gasteiger partial charge in [-0.05, 0) is 68.9 Å². The number of rotatable bonds is 8. The molecule has 2 saturated heterocycles. The Bertz CT molecular complexity index is 597. The highest BCUT2D eigenvalue weighted by atomic mass is 19.1. The molecule has 156 valence electrons. The summed E-state index contributed by atoms with van der Waals surface area (Å²) >= 11 is 0.